The van der Waals surface area contributed by atoms with Crippen molar-refractivity contribution in [3.63, 3.8) is 0 Å². The standard InChI is InChI=1S/C43H44BrClN3O4/c1-27-7-13-31(14-8-27)51-23-22-47-38-20-12-30(48(49)50)26-36(38)43(5,6)41(47)34-18-17-33(39(34)45)40-42(3,4)35-25-28(2)9-19-37(35)46(40)21-24-52-32-15-10-29(44)11-16-32/h7-16,19-20,25-26H,17-18,21-24H2,1-6H3/q+1. The maximum atomic E-state index is 11.9. The summed E-state index contributed by atoms with van der Waals surface area (Å²) >= 11 is 11.2. The van der Waals surface area contributed by atoms with Gasteiger partial charge in [-0.2, -0.15) is 4.58 Å². The Morgan fingerprint density at radius 3 is 2.13 bits per heavy atom. The predicted molar refractivity (Wildman–Crippen MR) is 213 cm³/mol. The normalized spacial score (nSPS) is 18.6. The molecule has 4 aromatic rings. The molecule has 0 radical (unpaired) electrons. The average Bonchev–Trinajstić information content (AvgIpc) is 3.65. The Kier molecular flexibility index (Phi) is 9.59. The van der Waals surface area contributed by atoms with Gasteiger partial charge in [0.2, 0.25) is 5.69 Å². The number of nitrogens with zero attached hydrogens (tertiary/aromatic N) is 3. The summed E-state index contributed by atoms with van der Waals surface area (Å²) in [6.07, 6.45) is 1.55. The van der Waals surface area contributed by atoms with Gasteiger partial charge in [-0.05, 0) is 100 Å². The maximum absolute atomic E-state index is 11.9. The van der Waals surface area contributed by atoms with Crippen molar-refractivity contribution in [2.24, 2.45) is 0 Å². The van der Waals surface area contributed by atoms with Gasteiger partial charge in [-0.1, -0.05) is 70.7 Å². The van der Waals surface area contributed by atoms with Gasteiger partial charge in [0.05, 0.1) is 21.9 Å². The van der Waals surface area contributed by atoms with E-state index in [0.717, 1.165) is 61.9 Å². The van der Waals surface area contributed by atoms with E-state index in [2.05, 4.69) is 85.1 Å². The van der Waals surface area contributed by atoms with Crippen LogP contribution in [0.4, 0.5) is 17.1 Å². The van der Waals surface area contributed by atoms with Crippen molar-refractivity contribution < 1.29 is 19.0 Å². The lowest BCUT2D eigenvalue weighted by atomic mass is 9.78. The monoisotopic (exact) mass is 780 g/mol. The van der Waals surface area contributed by atoms with Crippen LogP contribution in [0.3, 0.4) is 0 Å². The van der Waals surface area contributed by atoms with E-state index >= 15 is 0 Å². The molecule has 0 saturated heterocycles. The van der Waals surface area contributed by atoms with E-state index in [9.17, 15) is 10.1 Å². The molecule has 0 spiro atoms. The Labute approximate surface area is 319 Å². The molecule has 9 heteroatoms. The molecule has 1 aliphatic carbocycles. The van der Waals surface area contributed by atoms with Gasteiger partial charge in [-0.15, -0.1) is 0 Å². The van der Waals surface area contributed by atoms with Gasteiger partial charge >= 0.3 is 0 Å². The molecule has 2 aliphatic heterocycles. The molecule has 268 valence electrons. The molecule has 0 amide bonds. The second kappa shape index (κ2) is 13.9. The third-order valence-corrected chi connectivity index (χ3v) is 11.7. The summed E-state index contributed by atoms with van der Waals surface area (Å²) in [4.78, 5) is 13.9. The first-order valence-corrected chi connectivity index (χ1v) is 19.0. The smallest absolute Gasteiger partial charge is 0.269 e. The Balaban J connectivity index is 1.31. The number of benzene rings is 4. The molecule has 7 nitrogen and oxygen atoms in total. The van der Waals surface area contributed by atoms with Crippen molar-refractivity contribution >= 4 is 50.3 Å². The summed E-state index contributed by atoms with van der Waals surface area (Å²) < 4.78 is 15.9. The van der Waals surface area contributed by atoms with E-state index in [1.54, 1.807) is 12.1 Å². The number of hydrogen-bond donors (Lipinski definition) is 0. The molecular formula is C43H44BrClN3O4+. The number of ether oxygens (including phenoxy) is 2. The zero-order chi connectivity index (χ0) is 36.9. The van der Waals surface area contributed by atoms with Gasteiger partial charge in [0, 0.05) is 50.6 Å². The number of aryl methyl sites for hydroxylation is 2. The molecule has 0 saturated carbocycles. The van der Waals surface area contributed by atoms with Crippen LogP contribution >= 0.6 is 27.5 Å². The van der Waals surface area contributed by atoms with Crippen LogP contribution < -0.4 is 14.4 Å². The molecule has 2 heterocycles. The summed E-state index contributed by atoms with van der Waals surface area (Å²) in [5, 5.41) is 12.7. The van der Waals surface area contributed by atoms with Crippen LogP contribution in [0.2, 0.25) is 0 Å². The number of anilines is 1. The molecule has 0 fully saturated rings. The zero-order valence-electron chi connectivity index (χ0n) is 30.6. The van der Waals surface area contributed by atoms with Crippen LogP contribution in [0.25, 0.3) is 0 Å². The number of nitro groups is 1. The molecule has 0 atom stereocenters. The fourth-order valence-corrected chi connectivity index (χ4v) is 8.88. The molecule has 52 heavy (non-hydrogen) atoms. The Morgan fingerprint density at radius 1 is 0.808 bits per heavy atom. The highest BCUT2D eigenvalue weighted by Gasteiger charge is 2.50. The second-order valence-electron chi connectivity index (χ2n) is 15.0. The first kappa shape index (κ1) is 36.0. The topological polar surface area (TPSA) is 67.8 Å². The van der Waals surface area contributed by atoms with Gasteiger partial charge < -0.3 is 14.4 Å². The molecule has 4 aromatic carbocycles. The average molecular weight is 782 g/mol. The molecule has 0 bridgehead atoms. The van der Waals surface area contributed by atoms with E-state index < -0.39 is 5.41 Å². The van der Waals surface area contributed by atoms with E-state index in [1.165, 1.54) is 28.1 Å². The van der Waals surface area contributed by atoms with Crippen molar-refractivity contribution in [2.45, 2.75) is 65.2 Å². The highest BCUT2D eigenvalue weighted by molar-refractivity contribution is 9.10. The van der Waals surface area contributed by atoms with Crippen molar-refractivity contribution in [3.05, 3.63) is 144 Å². The summed E-state index contributed by atoms with van der Waals surface area (Å²) in [5.41, 5.74) is 10.5. The number of fused-ring (bicyclic) bond motifs is 2. The highest BCUT2D eigenvalue weighted by Crippen LogP contribution is 2.54. The summed E-state index contributed by atoms with van der Waals surface area (Å²) in [6, 6.07) is 27.9. The minimum Gasteiger partial charge on any atom is -0.492 e. The van der Waals surface area contributed by atoms with Crippen LogP contribution in [0.5, 0.6) is 11.5 Å². The Bertz CT molecular complexity index is 2170. The van der Waals surface area contributed by atoms with Crippen molar-refractivity contribution in [1.29, 1.82) is 0 Å². The van der Waals surface area contributed by atoms with E-state index in [1.807, 2.05) is 54.6 Å². The van der Waals surface area contributed by atoms with Crippen LogP contribution in [-0.4, -0.2) is 41.5 Å². The van der Waals surface area contributed by atoms with Crippen molar-refractivity contribution in [2.75, 3.05) is 31.2 Å². The van der Waals surface area contributed by atoms with Gasteiger partial charge in [0.15, 0.2) is 12.3 Å². The Morgan fingerprint density at radius 2 is 1.44 bits per heavy atom. The van der Waals surface area contributed by atoms with Crippen LogP contribution in [0.1, 0.15) is 62.8 Å². The fraction of sp³-hybridized carbons (Fsp3) is 0.326. The second-order valence-corrected chi connectivity index (χ2v) is 16.3. The number of allylic oxidation sites excluding steroid dienone is 4. The lowest BCUT2D eigenvalue weighted by Gasteiger charge is -2.29. The molecule has 3 aliphatic rings. The number of halogens is 2. The molecule has 0 aromatic heterocycles. The third-order valence-electron chi connectivity index (χ3n) is 10.7. The number of hydrogen-bond acceptors (Lipinski definition) is 5. The number of rotatable bonds is 10. The third kappa shape index (κ3) is 6.45. The SMILES string of the molecule is Cc1ccc(OCCN2/C(=C3\CCC(C4=[N+](CCOc5ccc(Br)cc5)c5ccc(C)cc5C4(C)C)=C3Cl)C(C)(C)c3cc([N+](=O)[O-])ccc32)cc1. The lowest BCUT2D eigenvalue weighted by molar-refractivity contribution is -0.440. The zero-order valence-corrected chi connectivity index (χ0v) is 32.9. The van der Waals surface area contributed by atoms with E-state index in [-0.39, 0.29) is 16.0 Å². The van der Waals surface area contributed by atoms with Crippen molar-refractivity contribution in [1.82, 2.24) is 0 Å². The van der Waals surface area contributed by atoms with Crippen LogP contribution in [0.15, 0.2) is 111 Å². The van der Waals surface area contributed by atoms with E-state index in [0.29, 0.717) is 26.3 Å². The maximum Gasteiger partial charge on any atom is 0.269 e. The first-order valence-electron chi connectivity index (χ1n) is 17.8. The van der Waals surface area contributed by atoms with Crippen molar-refractivity contribution in [3.8, 4) is 11.5 Å². The summed E-state index contributed by atoms with van der Waals surface area (Å²) in [5.74, 6) is 1.63. The van der Waals surface area contributed by atoms with Crippen LogP contribution in [-0.2, 0) is 10.8 Å². The lowest BCUT2D eigenvalue weighted by Crippen LogP contribution is -2.32. The Hall–Kier alpha value is -4.40. The minimum atomic E-state index is -0.537. The molecular weight excluding hydrogens is 738 g/mol. The number of non-ortho nitro benzene ring substituents is 1. The predicted octanol–water partition coefficient (Wildman–Crippen LogP) is 10.8. The first-order chi connectivity index (χ1) is 24.8. The summed E-state index contributed by atoms with van der Waals surface area (Å²) in [7, 11) is 0. The summed E-state index contributed by atoms with van der Waals surface area (Å²) in [6.45, 7) is 15.2. The molecule has 0 unspecified atom stereocenters. The largest absolute Gasteiger partial charge is 0.492 e. The van der Waals surface area contributed by atoms with E-state index in [4.69, 9.17) is 21.1 Å². The number of nitro benzene ring substituents is 1. The fourth-order valence-electron chi connectivity index (χ4n) is 8.25. The molecule has 7 rings (SSSR count). The highest BCUT2D eigenvalue weighted by atomic mass is 79.9. The van der Waals surface area contributed by atoms with Gasteiger partial charge in [-0.3, -0.25) is 10.1 Å². The van der Waals surface area contributed by atoms with Gasteiger partial charge in [0.1, 0.15) is 24.7 Å². The van der Waals surface area contributed by atoms with Crippen LogP contribution in [0, 0.1) is 24.0 Å². The van der Waals surface area contributed by atoms with Gasteiger partial charge in [-0.25, -0.2) is 0 Å². The molecule has 0 N–H and O–H groups in total. The quantitative estimate of drug-likeness (QED) is 0.0911. The van der Waals surface area contributed by atoms with Gasteiger partial charge in [0.25, 0.3) is 5.69 Å². The minimum absolute atomic E-state index is 0.0833.